The number of benzene rings is 2. The molecule has 112 valence electrons. The highest BCUT2D eigenvalue weighted by molar-refractivity contribution is 6.30. The van der Waals surface area contributed by atoms with Crippen LogP contribution in [0.5, 0.6) is 5.75 Å². The molecule has 0 spiro atoms. The first-order chi connectivity index (χ1) is 10.1. The average Bonchev–Trinajstić information content (AvgIpc) is 2.49. The average molecular weight is 308 g/mol. The Hall–Kier alpha value is -1.74. The molecule has 0 heterocycles. The molecular formula is C17H19ClFNO. The Balaban J connectivity index is 2.15. The van der Waals surface area contributed by atoms with Gasteiger partial charge >= 0.3 is 0 Å². The predicted octanol–water partition coefficient (Wildman–Crippen LogP) is 5.44. The molecule has 2 rings (SSSR count). The van der Waals surface area contributed by atoms with Crippen LogP contribution < -0.4 is 10.1 Å². The van der Waals surface area contributed by atoms with E-state index in [1.165, 1.54) is 6.07 Å². The van der Waals surface area contributed by atoms with Crippen LogP contribution >= 0.6 is 11.6 Å². The highest BCUT2D eigenvalue weighted by Crippen LogP contribution is 2.29. The third kappa shape index (κ3) is 4.11. The zero-order valence-electron chi connectivity index (χ0n) is 12.2. The number of halogens is 2. The van der Waals surface area contributed by atoms with Gasteiger partial charge in [-0.1, -0.05) is 36.7 Å². The molecule has 0 aliphatic heterocycles. The van der Waals surface area contributed by atoms with Gasteiger partial charge in [-0.25, -0.2) is 4.39 Å². The molecule has 0 radical (unpaired) electrons. The fourth-order valence-electron chi connectivity index (χ4n) is 2.02. The second-order valence-electron chi connectivity index (χ2n) is 4.88. The maximum absolute atomic E-state index is 13.2. The van der Waals surface area contributed by atoms with Crippen LogP contribution in [0.1, 0.15) is 31.9 Å². The minimum atomic E-state index is -0.403. The predicted molar refractivity (Wildman–Crippen MR) is 85.7 cm³/mol. The standard InChI is InChI=1S/C17H19ClFNO/c1-3-10-21-17-7-5-4-6-16(17)20-12(2)13-8-9-15(19)14(18)11-13/h4-9,11-12,20H,3,10H2,1-2H3. The van der Waals surface area contributed by atoms with Crippen molar-refractivity contribution in [2.45, 2.75) is 26.3 Å². The van der Waals surface area contributed by atoms with Crippen molar-refractivity contribution in [3.8, 4) is 5.75 Å². The summed E-state index contributed by atoms with van der Waals surface area (Å²) in [4.78, 5) is 0. The third-order valence-corrected chi connectivity index (χ3v) is 3.45. The Morgan fingerprint density at radius 3 is 2.71 bits per heavy atom. The van der Waals surface area contributed by atoms with Gasteiger partial charge in [0.1, 0.15) is 11.6 Å². The molecule has 1 unspecified atom stereocenters. The van der Waals surface area contributed by atoms with Crippen LogP contribution in [0.3, 0.4) is 0 Å². The van der Waals surface area contributed by atoms with E-state index in [2.05, 4.69) is 12.2 Å². The van der Waals surface area contributed by atoms with Gasteiger partial charge in [0.05, 0.1) is 17.3 Å². The minimum Gasteiger partial charge on any atom is -0.491 e. The first-order valence-corrected chi connectivity index (χ1v) is 7.43. The van der Waals surface area contributed by atoms with E-state index in [-0.39, 0.29) is 11.1 Å². The van der Waals surface area contributed by atoms with Crippen molar-refractivity contribution in [2.24, 2.45) is 0 Å². The molecular weight excluding hydrogens is 289 g/mol. The zero-order valence-corrected chi connectivity index (χ0v) is 13.0. The molecule has 0 amide bonds. The molecule has 2 aromatic rings. The van der Waals surface area contributed by atoms with Crippen LogP contribution in [0.25, 0.3) is 0 Å². The fourth-order valence-corrected chi connectivity index (χ4v) is 2.21. The van der Waals surface area contributed by atoms with Crippen molar-refractivity contribution in [1.82, 2.24) is 0 Å². The van der Waals surface area contributed by atoms with Crippen molar-refractivity contribution < 1.29 is 9.13 Å². The first-order valence-electron chi connectivity index (χ1n) is 7.05. The summed E-state index contributed by atoms with van der Waals surface area (Å²) >= 11 is 5.83. The highest BCUT2D eigenvalue weighted by Gasteiger charge is 2.10. The maximum Gasteiger partial charge on any atom is 0.142 e. The van der Waals surface area contributed by atoms with Gasteiger partial charge in [0, 0.05) is 6.04 Å². The van der Waals surface area contributed by atoms with E-state index in [1.54, 1.807) is 12.1 Å². The van der Waals surface area contributed by atoms with Gasteiger partial charge in [-0.15, -0.1) is 0 Å². The van der Waals surface area contributed by atoms with Gasteiger partial charge in [-0.2, -0.15) is 0 Å². The van der Waals surface area contributed by atoms with E-state index in [1.807, 2.05) is 31.2 Å². The van der Waals surface area contributed by atoms with Crippen LogP contribution in [0.4, 0.5) is 10.1 Å². The van der Waals surface area contributed by atoms with Crippen LogP contribution in [-0.2, 0) is 0 Å². The molecule has 2 nitrogen and oxygen atoms in total. The molecule has 21 heavy (non-hydrogen) atoms. The highest BCUT2D eigenvalue weighted by atomic mass is 35.5. The molecule has 4 heteroatoms. The summed E-state index contributed by atoms with van der Waals surface area (Å²) in [6.45, 7) is 4.74. The third-order valence-electron chi connectivity index (χ3n) is 3.16. The number of anilines is 1. The summed E-state index contributed by atoms with van der Waals surface area (Å²) in [5, 5.41) is 3.51. The lowest BCUT2D eigenvalue weighted by molar-refractivity contribution is 0.318. The van der Waals surface area contributed by atoms with Gasteiger partial charge in [0.25, 0.3) is 0 Å². The molecule has 1 N–H and O–H groups in total. The largest absolute Gasteiger partial charge is 0.491 e. The first kappa shape index (κ1) is 15.6. The smallest absolute Gasteiger partial charge is 0.142 e. The molecule has 0 aliphatic carbocycles. The van der Waals surface area contributed by atoms with Crippen LogP contribution in [0.2, 0.25) is 5.02 Å². The summed E-state index contributed by atoms with van der Waals surface area (Å²) in [7, 11) is 0. The topological polar surface area (TPSA) is 21.3 Å². The molecule has 0 bridgehead atoms. The van der Waals surface area contributed by atoms with Gasteiger partial charge in [0.15, 0.2) is 0 Å². The monoisotopic (exact) mass is 307 g/mol. The Morgan fingerprint density at radius 2 is 2.00 bits per heavy atom. The van der Waals surface area contributed by atoms with Gasteiger partial charge < -0.3 is 10.1 Å². The SMILES string of the molecule is CCCOc1ccccc1NC(C)c1ccc(F)c(Cl)c1. The van der Waals surface area contributed by atoms with Crippen molar-refractivity contribution in [1.29, 1.82) is 0 Å². The number of para-hydroxylation sites is 2. The van der Waals surface area contributed by atoms with Crippen molar-refractivity contribution in [2.75, 3.05) is 11.9 Å². The van der Waals surface area contributed by atoms with Crippen molar-refractivity contribution >= 4 is 17.3 Å². The van der Waals surface area contributed by atoms with E-state index in [0.717, 1.165) is 23.4 Å². The van der Waals surface area contributed by atoms with Crippen LogP contribution in [0, 0.1) is 5.82 Å². The molecule has 0 aliphatic rings. The number of ether oxygens (including phenoxy) is 1. The van der Waals surface area contributed by atoms with Crippen LogP contribution in [-0.4, -0.2) is 6.61 Å². The van der Waals surface area contributed by atoms with E-state index in [4.69, 9.17) is 16.3 Å². The normalized spacial score (nSPS) is 12.0. The molecule has 0 fully saturated rings. The van der Waals surface area contributed by atoms with Gasteiger partial charge in [0.2, 0.25) is 0 Å². The molecule has 1 atom stereocenters. The second kappa shape index (κ2) is 7.32. The van der Waals surface area contributed by atoms with E-state index in [0.29, 0.717) is 6.61 Å². The molecule has 2 aromatic carbocycles. The lowest BCUT2D eigenvalue weighted by Crippen LogP contribution is -2.08. The quantitative estimate of drug-likeness (QED) is 0.767. The number of rotatable bonds is 6. The summed E-state index contributed by atoms with van der Waals surface area (Å²) in [5.41, 5.74) is 1.84. The number of hydrogen-bond acceptors (Lipinski definition) is 2. The van der Waals surface area contributed by atoms with Crippen LogP contribution in [0.15, 0.2) is 42.5 Å². The summed E-state index contributed by atoms with van der Waals surface area (Å²) in [5.74, 6) is 0.415. The Kier molecular flexibility index (Phi) is 5.45. The van der Waals surface area contributed by atoms with Crippen molar-refractivity contribution in [3.05, 3.63) is 58.9 Å². The lowest BCUT2D eigenvalue weighted by atomic mass is 10.1. The number of nitrogens with one attached hydrogen (secondary N) is 1. The summed E-state index contributed by atoms with van der Waals surface area (Å²) < 4.78 is 18.9. The van der Waals surface area contributed by atoms with E-state index in [9.17, 15) is 4.39 Å². The Morgan fingerprint density at radius 1 is 1.24 bits per heavy atom. The lowest BCUT2D eigenvalue weighted by Gasteiger charge is -2.19. The second-order valence-corrected chi connectivity index (χ2v) is 5.29. The van der Waals surface area contributed by atoms with Crippen molar-refractivity contribution in [3.63, 3.8) is 0 Å². The molecule has 0 saturated heterocycles. The number of hydrogen-bond donors (Lipinski definition) is 1. The Bertz CT molecular complexity index is 603. The summed E-state index contributed by atoms with van der Waals surface area (Å²) in [6.07, 6.45) is 0.956. The van der Waals surface area contributed by atoms with E-state index < -0.39 is 5.82 Å². The Labute approximate surface area is 129 Å². The minimum absolute atomic E-state index is 0.00511. The zero-order chi connectivity index (χ0) is 15.2. The fraction of sp³-hybridized carbons (Fsp3) is 0.294. The van der Waals surface area contributed by atoms with E-state index >= 15 is 0 Å². The summed E-state index contributed by atoms with van der Waals surface area (Å²) in [6, 6.07) is 12.5. The molecule has 0 aromatic heterocycles. The molecule has 0 saturated carbocycles. The maximum atomic E-state index is 13.2. The van der Waals surface area contributed by atoms with Gasteiger partial charge in [-0.3, -0.25) is 0 Å². The van der Waals surface area contributed by atoms with Gasteiger partial charge in [-0.05, 0) is 43.2 Å².